The first kappa shape index (κ1) is 20.6. The average molecular weight is 362 g/mol. The Morgan fingerprint density at radius 1 is 0.593 bits per heavy atom. The third-order valence-electron chi connectivity index (χ3n) is 4.35. The summed E-state index contributed by atoms with van der Waals surface area (Å²) in [7, 11) is 0. The molecule has 0 radical (unpaired) electrons. The highest BCUT2D eigenvalue weighted by Crippen LogP contribution is 2.28. The van der Waals surface area contributed by atoms with Gasteiger partial charge in [0.1, 0.15) is 18.5 Å². The summed E-state index contributed by atoms with van der Waals surface area (Å²) in [6.07, 6.45) is -0.944. The minimum absolute atomic E-state index is 0.730. The number of hydrogen-bond donors (Lipinski definition) is 2. The number of aliphatic hydroxyl groups excluding tert-OH is 2. The van der Waals surface area contributed by atoms with Gasteiger partial charge in [0.2, 0.25) is 0 Å². The number of aldehydes is 1. The molecule has 0 heterocycles. The fraction of sp³-hybridized carbons (Fsp3) is 0.208. The maximum absolute atomic E-state index is 10.2. The standard InChI is InChI=1S/C16H18O2.C8H8O/c1-11-3-7-13(8-4-11)15(17)16(18)14-9-5-12(2)6-10-14;1-7-2-4-8(6-9)5-3-7/h3-10,15-18H,1-2H3;2-6H,1H3. The molecular formula is C24H26O3. The van der Waals surface area contributed by atoms with Crippen molar-refractivity contribution in [1.82, 2.24) is 0 Å². The van der Waals surface area contributed by atoms with Gasteiger partial charge in [0.15, 0.2) is 0 Å². The lowest BCUT2D eigenvalue weighted by Gasteiger charge is -2.19. The quantitative estimate of drug-likeness (QED) is 0.651. The molecule has 0 aromatic heterocycles. The van der Waals surface area contributed by atoms with Gasteiger partial charge in [-0.05, 0) is 31.9 Å². The van der Waals surface area contributed by atoms with Gasteiger partial charge >= 0.3 is 0 Å². The van der Waals surface area contributed by atoms with Crippen LogP contribution in [0.4, 0.5) is 0 Å². The lowest BCUT2D eigenvalue weighted by atomic mass is 9.97. The Bertz CT molecular complexity index is 785. The molecular weight excluding hydrogens is 336 g/mol. The second kappa shape index (κ2) is 9.81. The molecule has 0 spiro atoms. The SMILES string of the molecule is Cc1ccc(C(O)C(O)c2ccc(C)cc2)cc1.Cc1ccc(C=O)cc1. The van der Waals surface area contributed by atoms with Gasteiger partial charge in [0, 0.05) is 5.56 Å². The van der Waals surface area contributed by atoms with Crippen LogP contribution >= 0.6 is 0 Å². The van der Waals surface area contributed by atoms with Crippen LogP contribution < -0.4 is 0 Å². The molecule has 0 aliphatic heterocycles. The van der Waals surface area contributed by atoms with Crippen LogP contribution in [-0.2, 0) is 0 Å². The molecule has 27 heavy (non-hydrogen) atoms. The van der Waals surface area contributed by atoms with Crippen molar-refractivity contribution < 1.29 is 15.0 Å². The molecule has 3 aromatic rings. The van der Waals surface area contributed by atoms with Gasteiger partial charge in [-0.15, -0.1) is 0 Å². The van der Waals surface area contributed by atoms with Crippen LogP contribution in [0.5, 0.6) is 0 Å². The highest BCUT2D eigenvalue weighted by molar-refractivity contribution is 5.74. The van der Waals surface area contributed by atoms with Crippen LogP contribution in [0.15, 0.2) is 72.8 Å². The van der Waals surface area contributed by atoms with Crippen molar-refractivity contribution in [2.45, 2.75) is 33.0 Å². The number of aryl methyl sites for hydroxylation is 3. The van der Waals surface area contributed by atoms with Crippen molar-refractivity contribution in [1.29, 1.82) is 0 Å². The van der Waals surface area contributed by atoms with E-state index in [9.17, 15) is 15.0 Å². The van der Waals surface area contributed by atoms with Crippen LogP contribution in [0.3, 0.4) is 0 Å². The van der Waals surface area contributed by atoms with Crippen LogP contribution in [-0.4, -0.2) is 16.5 Å². The number of rotatable bonds is 4. The number of carbonyl (C=O) groups excluding carboxylic acids is 1. The van der Waals surface area contributed by atoms with Gasteiger partial charge in [0.05, 0.1) is 0 Å². The summed E-state index contributed by atoms with van der Waals surface area (Å²) in [5.41, 5.74) is 5.65. The van der Waals surface area contributed by atoms with Gasteiger partial charge in [0.25, 0.3) is 0 Å². The zero-order chi connectivity index (χ0) is 19.8. The molecule has 0 aliphatic rings. The zero-order valence-corrected chi connectivity index (χ0v) is 16.0. The molecule has 140 valence electrons. The first-order chi connectivity index (χ1) is 12.9. The summed E-state index contributed by atoms with van der Waals surface area (Å²) in [5.74, 6) is 0. The Morgan fingerprint density at radius 2 is 0.889 bits per heavy atom. The molecule has 0 saturated carbocycles. The van der Waals surface area contributed by atoms with Crippen LogP contribution in [0, 0.1) is 20.8 Å². The summed E-state index contributed by atoms with van der Waals surface area (Å²) in [4.78, 5) is 10.1. The van der Waals surface area contributed by atoms with Crippen molar-refractivity contribution in [2.24, 2.45) is 0 Å². The summed E-state index contributed by atoms with van der Waals surface area (Å²) >= 11 is 0. The van der Waals surface area contributed by atoms with Crippen molar-refractivity contribution in [3.8, 4) is 0 Å². The molecule has 3 nitrogen and oxygen atoms in total. The first-order valence-corrected chi connectivity index (χ1v) is 8.92. The number of aliphatic hydroxyl groups is 2. The summed E-state index contributed by atoms with van der Waals surface area (Å²) < 4.78 is 0. The normalized spacial score (nSPS) is 12.5. The van der Waals surface area contributed by atoms with Crippen LogP contribution in [0.25, 0.3) is 0 Å². The minimum atomic E-state index is -0.895. The van der Waals surface area contributed by atoms with Gasteiger partial charge in [-0.1, -0.05) is 89.5 Å². The Morgan fingerprint density at radius 3 is 1.19 bits per heavy atom. The third kappa shape index (κ3) is 6.17. The van der Waals surface area contributed by atoms with E-state index in [4.69, 9.17) is 0 Å². The molecule has 3 aromatic carbocycles. The zero-order valence-electron chi connectivity index (χ0n) is 16.0. The van der Waals surface area contributed by atoms with Gasteiger partial charge in [-0.3, -0.25) is 4.79 Å². The van der Waals surface area contributed by atoms with Gasteiger partial charge < -0.3 is 10.2 Å². The number of benzene rings is 3. The Labute approximate surface area is 160 Å². The summed E-state index contributed by atoms with van der Waals surface area (Å²) in [6, 6.07) is 22.6. The van der Waals surface area contributed by atoms with Crippen molar-refractivity contribution in [3.05, 3.63) is 106 Å². The molecule has 0 bridgehead atoms. The topological polar surface area (TPSA) is 57.5 Å². The van der Waals surface area contributed by atoms with Crippen molar-refractivity contribution >= 4 is 6.29 Å². The molecule has 0 amide bonds. The number of hydrogen-bond acceptors (Lipinski definition) is 3. The second-order valence-electron chi connectivity index (χ2n) is 6.74. The Kier molecular flexibility index (Phi) is 7.47. The maximum Gasteiger partial charge on any atom is 0.150 e. The highest BCUT2D eigenvalue weighted by Gasteiger charge is 2.19. The highest BCUT2D eigenvalue weighted by atomic mass is 16.3. The molecule has 0 fully saturated rings. The lowest BCUT2D eigenvalue weighted by Crippen LogP contribution is -2.10. The second-order valence-corrected chi connectivity index (χ2v) is 6.74. The van der Waals surface area contributed by atoms with Gasteiger partial charge in [-0.25, -0.2) is 0 Å². The summed E-state index contributed by atoms with van der Waals surface area (Å²) in [6.45, 7) is 5.98. The molecule has 2 N–H and O–H groups in total. The minimum Gasteiger partial charge on any atom is -0.385 e. The van der Waals surface area contributed by atoms with Crippen molar-refractivity contribution in [3.63, 3.8) is 0 Å². The molecule has 2 unspecified atom stereocenters. The maximum atomic E-state index is 10.2. The molecule has 3 rings (SSSR count). The van der Waals surface area contributed by atoms with E-state index < -0.39 is 12.2 Å². The van der Waals surface area contributed by atoms with Gasteiger partial charge in [-0.2, -0.15) is 0 Å². The fourth-order valence-corrected chi connectivity index (χ4v) is 2.54. The lowest BCUT2D eigenvalue weighted by molar-refractivity contribution is 0.0172. The van der Waals surface area contributed by atoms with E-state index in [0.29, 0.717) is 0 Å². The van der Waals surface area contributed by atoms with E-state index in [2.05, 4.69) is 0 Å². The molecule has 0 saturated heterocycles. The molecule has 3 heteroatoms. The monoisotopic (exact) mass is 362 g/mol. The predicted octanol–water partition coefficient (Wildman–Crippen LogP) is 4.88. The van der Waals surface area contributed by atoms with E-state index in [-0.39, 0.29) is 0 Å². The van der Waals surface area contributed by atoms with Crippen LogP contribution in [0.2, 0.25) is 0 Å². The van der Waals surface area contributed by atoms with Crippen molar-refractivity contribution in [2.75, 3.05) is 0 Å². The smallest absolute Gasteiger partial charge is 0.150 e. The predicted molar refractivity (Wildman–Crippen MR) is 109 cm³/mol. The Balaban J connectivity index is 0.000000244. The molecule has 2 atom stereocenters. The van der Waals surface area contributed by atoms with E-state index in [0.717, 1.165) is 34.1 Å². The van der Waals surface area contributed by atoms with E-state index in [1.54, 1.807) is 0 Å². The first-order valence-electron chi connectivity index (χ1n) is 8.92. The average Bonchev–Trinajstić information content (AvgIpc) is 2.69. The van der Waals surface area contributed by atoms with E-state index in [1.165, 1.54) is 5.56 Å². The summed E-state index contributed by atoms with van der Waals surface area (Å²) in [5, 5.41) is 20.3. The van der Waals surface area contributed by atoms with Crippen LogP contribution in [0.1, 0.15) is 50.4 Å². The van der Waals surface area contributed by atoms with E-state index in [1.807, 2.05) is 93.6 Å². The molecule has 0 aliphatic carbocycles. The number of carbonyl (C=O) groups is 1. The Hall–Kier alpha value is -2.75. The third-order valence-corrected chi connectivity index (χ3v) is 4.35. The fourth-order valence-electron chi connectivity index (χ4n) is 2.54. The largest absolute Gasteiger partial charge is 0.385 e. The van der Waals surface area contributed by atoms with E-state index >= 15 is 0 Å².